The van der Waals surface area contributed by atoms with Crippen molar-refractivity contribution in [3.05, 3.63) is 28.8 Å². The van der Waals surface area contributed by atoms with Crippen LogP contribution in [0.4, 0.5) is 8.78 Å². The number of carbonyl (C=O) groups excluding carboxylic acids is 1. The van der Waals surface area contributed by atoms with Crippen LogP contribution in [-0.2, 0) is 4.74 Å². The minimum Gasteiger partial charge on any atom is -0.462 e. The van der Waals surface area contributed by atoms with Crippen molar-refractivity contribution in [2.75, 3.05) is 6.61 Å². The largest absolute Gasteiger partial charge is 0.462 e. The smallest absolute Gasteiger partial charge is 0.340 e. The van der Waals surface area contributed by atoms with E-state index >= 15 is 0 Å². The third-order valence-corrected chi connectivity index (χ3v) is 2.41. The van der Waals surface area contributed by atoms with E-state index in [4.69, 9.17) is 5.26 Å². The van der Waals surface area contributed by atoms with Crippen molar-refractivity contribution in [3.8, 4) is 6.07 Å². The Labute approximate surface area is 102 Å². The molecule has 1 aromatic carbocycles. The molecule has 0 spiro atoms. The number of ether oxygens (including phenoxy) is 1. The quantitative estimate of drug-likeness (QED) is 0.669. The van der Waals surface area contributed by atoms with Crippen LogP contribution in [0.25, 0.3) is 0 Å². The highest BCUT2D eigenvalue weighted by atomic mass is 32.1. The first kappa shape index (κ1) is 13.5. The zero-order chi connectivity index (χ0) is 13.0. The highest BCUT2D eigenvalue weighted by molar-refractivity contribution is 7.80. The highest BCUT2D eigenvalue weighted by Crippen LogP contribution is 2.29. The fourth-order valence-corrected chi connectivity index (χ4v) is 1.56. The summed E-state index contributed by atoms with van der Waals surface area (Å²) in [7, 11) is 0. The van der Waals surface area contributed by atoms with Gasteiger partial charge < -0.3 is 4.74 Å². The molecular weight excluding hydrogens is 248 g/mol. The lowest BCUT2D eigenvalue weighted by Gasteiger charge is -2.11. The van der Waals surface area contributed by atoms with Crippen LogP contribution in [0.3, 0.4) is 0 Å². The maximum atomic E-state index is 12.7. The Kier molecular flexibility index (Phi) is 4.46. The predicted octanol–water partition coefficient (Wildman–Crippen LogP) is 2.96. The summed E-state index contributed by atoms with van der Waals surface area (Å²) in [5.74, 6) is -0.935. The Morgan fingerprint density at radius 2 is 2.24 bits per heavy atom. The second kappa shape index (κ2) is 5.64. The van der Waals surface area contributed by atoms with E-state index in [1.54, 1.807) is 13.0 Å². The molecule has 0 bridgehead atoms. The van der Waals surface area contributed by atoms with Gasteiger partial charge in [-0.15, -0.1) is 12.6 Å². The molecule has 0 radical (unpaired) electrons. The monoisotopic (exact) mass is 257 g/mol. The van der Waals surface area contributed by atoms with Gasteiger partial charge in [-0.25, -0.2) is 13.6 Å². The van der Waals surface area contributed by atoms with Gasteiger partial charge in [0.2, 0.25) is 0 Å². The number of esters is 1. The molecule has 3 nitrogen and oxygen atoms in total. The number of halogens is 2. The highest BCUT2D eigenvalue weighted by Gasteiger charge is 2.24. The van der Waals surface area contributed by atoms with Gasteiger partial charge in [-0.3, -0.25) is 0 Å². The van der Waals surface area contributed by atoms with Crippen molar-refractivity contribution in [1.82, 2.24) is 0 Å². The summed E-state index contributed by atoms with van der Waals surface area (Å²) in [5.41, 5.74) is -1.11. The van der Waals surface area contributed by atoms with Crippen LogP contribution in [0.15, 0.2) is 17.0 Å². The lowest BCUT2D eigenvalue weighted by molar-refractivity contribution is 0.0514. The van der Waals surface area contributed by atoms with Crippen LogP contribution in [-0.4, -0.2) is 12.6 Å². The Morgan fingerprint density at radius 3 is 2.71 bits per heavy atom. The van der Waals surface area contributed by atoms with Gasteiger partial charge in [0.15, 0.2) is 0 Å². The molecule has 90 valence electrons. The van der Waals surface area contributed by atoms with E-state index < -0.39 is 23.5 Å². The number of carbonyl (C=O) groups is 1. The number of alkyl halides is 2. The maximum Gasteiger partial charge on any atom is 0.340 e. The number of rotatable bonds is 3. The molecule has 0 aliphatic rings. The summed E-state index contributed by atoms with van der Waals surface area (Å²) < 4.78 is 30.1. The average Bonchev–Trinajstić information content (AvgIpc) is 2.28. The molecule has 0 fully saturated rings. The van der Waals surface area contributed by atoms with Crippen molar-refractivity contribution in [2.24, 2.45) is 0 Å². The molecular formula is C11H9F2NO2S. The number of hydrogen-bond donors (Lipinski definition) is 1. The predicted molar refractivity (Wildman–Crippen MR) is 59.3 cm³/mol. The third kappa shape index (κ3) is 2.74. The van der Waals surface area contributed by atoms with Crippen LogP contribution in [0.2, 0.25) is 0 Å². The molecule has 0 N–H and O–H groups in total. The molecule has 0 atom stereocenters. The Bertz CT molecular complexity index is 483. The van der Waals surface area contributed by atoms with E-state index in [9.17, 15) is 13.6 Å². The summed E-state index contributed by atoms with van der Waals surface area (Å²) in [6.45, 7) is 1.60. The van der Waals surface area contributed by atoms with Gasteiger partial charge in [-0.05, 0) is 13.0 Å². The molecule has 0 unspecified atom stereocenters. The first-order valence-corrected chi connectivity index (χ1v) is 5.18. The lowest BCUT2D eigenvalue weighted by Crippen LogP contribution is -2.11. The molecule has 0 saturated heterocycles. The van der Waals surface area contributed by atoms with Gasteiger partial charge in [-0.1, -0.05) is 6.07 Å². The number of benzene rings is 1. The van der Waals surface area contributed by atoms with Gasteiger partial charge in [0.1, 0.15) is 6.07 Å². The van der Waals surface area contributed by atoms with E-state index in [1.807, 2.05) is 0 Å². The normalized spacial score (nSPS) is 10.1. The van der Waals surface area contributed by atoms with Crippen molar-refractivity contribution >= 4 is 18.6 Å². The fourth-order valence-electron chi connectivity index (χ4n) is 1.33. The van der Waals surface area contributed by atoms with Crippen LogP contribution in [0.5, 0.6) is 0 Å². The standard InChI is InChI=1S/C11H9F2NO2S/c1-2-16-11(15)9-6(10(12)13)3-4-8(17)7(9)5-14/h3-4,10,17H,2H2,1H3. The molecule has 0 saturated carbocycles. The summed E-state index contributed by atoms with van der Waals surface area (Å²) in [5, 5.41) is 8.87. The maximum absolute atomic E-state index is 12.7. The molecule has 0 amide bonds. The summed E-state index contributed by atoms with van der Waals surface area (Å²) in [4.78, 5) is 11.7. The SMILES string of the molecule is CCOC(=O)c1c(C(F)F)ccc(S)c1C#N. The molecule has 0 aliphatic carbocycles. The van der Waals surface area contributed by atoms with Crippen LogP contribution >= 0.6 is 12.6 Å². The summed E-state index contributed by atoms with van der Waals surface area (Å²) >= 11 is 3.95. The van der Waals surface area contributed by atoms with E-state index in [0.29, 0.717) is 0 Å². The Morgan fingerprint density at radius 1 is 1.59 bits per heavy atom. The Balaban J connectivity index is 3.45. The van der Waals surface area contributed by atoms with Crippen LogP contribution in [0, 0.1) is 11.3 Å². The molecule has 0 aromatic heterocycles. The molecule has 6 heteroatoms. The molecule has 1 aromatic rings. The second-order valence-electron chi connectivity index (χ2n) is 3.06. The number of hydrogen-bond acceptors (Lipinski definition) is 4. The number of nitriles is 1. The third-order valence-electron chi connectivity index (χ3n) is 2.04. The van der Waals surface area contributed by atoms with E-state index in [0.717, 1.165) is 6.07 Å². The van der Waals surface area contributed by atoms with Crippen molar-refractivity contribution in [1.29, 1.82) is 5.26 Å². The van der Waals surface area contributed by atoms with Crippen LogP contribution in [0.1, 0.15) is 34.8 Å². The molecule has 0 aliphatic heterocycles. The Hall–Kier alpha value is -1.61. The van der Waals surface area contributed by atoms with E-state index in [1.165, 1.54) is 6.07 Å². The van der Waals surface area contributed by atoms with Gasteiger partial charge in [-0.2, -0.15) is 5.26 Å². The summed E-state index contributed by atoms with van der Waals surface area (Å²) in [6.07, 6.45) is -2.85. The van der Waals surface area contributed by atoms with Gasteiger partial charge in [0.05, 0.1) is 17.7 Å². The zero-order valence-corrected chi connectivity index (χ0v) is 9.80. The van der Waals surface area contributed by atoms with E-state index in [2.05, 4.69) is 17.4 Å². The van der Waals surface area contributed by atoms with Gasteiger partial charge in [0, 0.05) is 10.5 Å². The number of nitrogens with zero attached hydrogens (tertiary/aromatic N) is 1. The molecule has 17 heavy (non-hydrogen) atoms. The second-order valence-corrected chi connectivity index (χ2v) is 3.54. The van der Waals surface area contributed by atoms with E-state index in [-0.39, 0.29) is 17.1 Å². The first-order valence-electron chi connectivity index (χ1n) is 4.74. The fraction of sp³-hybridized carbons (Fsp3) is 0.273. The zero-order valence-electron chi connectivity index (χ0n) is 8.91. The average molecular weight is 257 g/mol. The molecule has 0 heterocycles. The van der Waals surface area contributed by atoms with Gasteiger partial charge in [0.25, 0.3) is 6.43 Å². The lowest BCUT2D eigenvalue weighted by atomic mass is 10.0. The van der Waals surface area contributed by atoms with Crippen LogP contribution < -0.4 is 0 Å². The minimum atomic E-state index is -2.85. The van der Waals surface area contributed by atoms with Gasteiger partial charge >= 0.3 is 5.97 Å². The summed E-state index contributed by atoms with van der Waals surface area (Å²) in [6, 6.07) is 4.01. The minimum absolute atomic E-state index is 0.0448. The number of thiol groups is 1. The van der Waals surface area contributed by atoms with Crippen molar-refractivity contribution in [2.45, 2.75) is 18.2 Å². The van der Waals surface area contributed by atoms with Crippen molar-refractivity contribution < 1.29 is 18.3 Å². The molecule has 1 rings (SSSR count). The van der Waals surface area contributed by atoms with Crippen molar-refractivity contribution in [3.63, 3.8) is 0 Å². The first-order chi connectivity index (χ1) is 8.02. The topological polar surface area (TPSA) is 50.1 Å².